The van der Waals surface area contributed by atoms with Gasteiger partial charge in [-0.05, 0) is 30.2 Å². The smallest absolute Gasteiger partial charge is 0.326 e. The van der Waals surface area contributed by atoms with Crippen LogP contribution >= 0.6 is 24.0 Å². The Labute approximate surface area is 162 Å². The molecule has 0 radical (unpaired) electrons. The standard InChI is InChI=1S/C17H13N3O5S2/c21-14(22)4-3-12(16(24)25)20-15(23)13(27-17(20)26)8-9-1-2-10-11(7-9)19-6-5-18-10/h1-2,5-8,12H,3-4H2,(H,21,22)(H,24,25)/b13-8+. The lowest BCUT2D eigenvalue weighted by Gasteiger charge is -2.22. The molecule has 0 aliphatic carbocycles. The van der Waals surface area contributed by atoms with Crippen molar-refractivity contribution >= 4 is 63.3 Å². The van der Waals surface area contributed by atoms with E-state index in [0.717, 1.165) is 16.7 Å². The molecular weight excluding hydrogens is 390 g/mol. The van der Waals surface area contributed by atoms with Crippen LogP contribution in [-0.2, 0) is 14.4 Å². The van der Waals surface area contributed by atoms with Gasteiger partial charge in [-0.1, -0.05) is 30.0 Å². The molecule has 1 fully saturated rings. The number of thiocarbonyl (C=S) groups is 1. The lowest BCUT2D eigenvalue weighted by molar-refractivity contribution is -0.146. The summed E-state index contributed by atoms with van der Waals surface area (Å²) < 4.78 is 0.0876. The van der Waals surface area contributed by atoms with E-state index in [9.17, 15) is 19.5 Å². The first kappa shape index (κ1) is 18.9. The van der Waals surface area contributed by atoms with E-state index in [0.29, 0.717) is 16.6 Å². The normalized spacial score (nSPS) is 16.9. The fourth-order valence-electron chi connectivity index (χ4n) is 2.59. The van der Waals surface area contributed by atoms with Crippen molar-refractivity contribution in [2.75, 3.05) is 0 Å². The van der Waals surface area contributed by atoms with Crippen molar-refractivity contribution in [1.82, 2.24) is 14.9 Å². The van der Waals surface area contributed by atoms with E-state index >= 15 is 0 Å². The van der Waals surface area contributed by atoms with Gasteiger partial charge in [-0.2, -0.15) is 0 Å². The number of rotatable bonds is 6. The summed E-state index contributed by atoms with van der Waals surface area (Å²) >= 11 is 6.14. The number of benzene rings is 1. The Hall–Kier alpha value is -2.85. The highest BCUT2D eigenvalue weighted by Gasteiger charge is 2.40. The van der Waals surface area contributed by atoms with Gasteiger partial charge in [0.25, 0.3) is 5.91 Å². The highest BCUT2D eigenvalue weighted by molar-refractivity contribution is 8.26. The van der Waals surface area contributed by atoms with Gasteiger partial charge in [0.15, 0.2) is 0 Å². The van der Waals surface area contributed by atoms with Crippen molar-refractivity contribution in [2.24, 2.45) is 0 Å². The van der Waals surface area contributed by atoms with Crippen LogP contribution in [0.15, 0.2) is 35.5 Å². The molecular formula is C17H13N3O5S2. The summed E-state index contributed by atoms with van der Waals surface area (Å²) in [6, 6.07) is 3.97. The molecule has 1 aromatic heterocycles. The highest BCUT2D eigenvalue weighted by Crippen LogP contribution is 2.35. The van der Waals surface area contributed by atoms with Crippen LogP contribution in [0.4, 0.5) is 0 Å². The van der Waals surface area contributed by atoms with Crippen LogP contribution in [0.2, 0.25) is 0 Å². The quantitative estimate of drug-likeness (QED) is 0.552. The molecule has 138 valence electrons. The summed E-state index contributed by atoms with van der Waals surface area (Å²) in [5.74, 6) is -2.99. The molecule has 1 unspecified atom stereocenters. The fraction of sp³-hybridized carbons (Fsp3) is 0.176. The Kier molecular flexibility index (Phi) is 5.47. The van der Waals surface area contributed by atoms with Gasteiger partial charge in [0.2, 0.25) is 0 Å². The van der Waals surface area contributed by atoms with Gasteiger partial charge < -0.3 is 10.2 Å². The van der Waals surface area contributed by atoms with E-state index in [1.165, 1.54) is 0 Å². The second-order valence-electron chi connectivity index (χ2n) is 5.64. The van der Waals surface area contributed by atoms with Crippen LogP contribution in [0.1, 0.15) is 18.4 Å². The Morgan fingerprint density at radius 2 is 1.93 bits per heavy atom. The molecule has 0 spiro atoms. The second kappa shape index (κ2) is 7.80. The number of aromatic nitrogens is 2. The SMILES string of the molecule is O=C(O)CCC(C(=O)O)N1C(=O)/C(=C\c2ccc3nccnc3c2)SC1=S. The van der Waals surface area contributed by atoms with Crippen LogP contribution in [0.25, 0.3) is 17.1 Å². The monoisotopic (exact) mass is 403 g/mol. The number of carboxylic acids is 2. The number of carbonyl (C=O) groups is 3. The molecule has 1 aliphatic rings. The number of thioether (sulfide) groups is 1. The zero-order valence-electron chi connectivity index (χ0n) is 13.7. The second-order valence-corrected chi connectivity index (χ2v) is 7.32. The Morgan fingerprint density at radius 1 is 1.22 bits per heavy atom. The minimum atomic E-state index is -1.32. The van der Waals surface area contributed by atoms with Gasteiger partial charge in [-0.3, -0.25) is 24.5 Å². The van der Waals surface area contributed by atoms with E-state index < -0.39 is 23.9 Å². The third-order valence-electron chi connectivity index (χ3n) is 3.84. The van der Waals surface area contributed by atoms with Crippen LogP contribution in [-0.4, -0.2) is 53.3 Å². The third kappa shape index (κ3) is 4.12. The summed E-state index contributed by atoms with van der Waals surface area (Å²) in [5, 5.41) is 18.2. The molecule has 2 heterocycles. The Morgan fingerprint density at radius 3 is 2.59 bits per heavy atom. The van der Waals surface area contributed by atoms with Gasteiger partial charge >= 0.3 is 11.9 Å². The summed E-state index contributed by atoms with van der Waals surface area (Å²) in [6.45, 7) is 0. The lowest BCUT2D eigenvalue weighted by atomic mass is 10.1. The highest BCUT2D eigenvalue weighted by atomic mass is 32.2. The molecule has 0 saturated carbocycles. The number of hydrogen-bond donors (Lipinski definition) is 2. The number of amides is 1. The molecule has 1 atom stereocenters. The molecule has 1 saturated heterocycles. The van der Waals surface area contributed by atoms with Crippen molar-refractivity contribution in [3.8, 4) is 0 Å². The molecule has 2 N–H and O–H groups in total. The first-order valence-corrected chi connectivity index (χ1v) is 9.01. The van der Waals surface area contributed by atoms with Gasteiger partial charge in [0, 0.05) is 18.8 Å². The molecule has 27 heavy (non-hydrogen) atoms. The first-order valence-electron chi connectivity index (χ1n) is 7.79. The zero-order valence-corrected chi connectivity index (χ0v) is 15.4. The average molecular weight is 403 g/mol. The minimum absolute atomic E-state index is 0.0876. The Bertz CT molecular complexity index is 991. The van der Waals surface area contributed by atoms with Gasteiger partial charge in [-0.25, -0.2) is 4.79 Å². The average Bonchev–Trinajstić information content (AvgIpc) is 2.89. The van der Waals surface area contributed by atoms with Crippen molar-refractivity contribution < 1.29 is 24.6 Å². The fourth-order valence-corrected chi connectivity index (χ4v) is 3.95. The number of fused-ring (bicyclic) bond motifs is 1. The van der Waals surface area contributed by atoms with E-state index in [-0.39, 0.29) is 22.1 Å². The lowest BCUT2D eigenvalue weighted by Crippen LogP contribution is -2.44. The third-order valence-corrected chi connectivity index (χ3v) is 5.17. The first-order chi connectivity index (χ1) is 12.9. The van der Waals surface area contributed by atoms with Crippen molar-refractivity contribution in [3.05, 3.63) is 41.1 Å². The van der Waals surface area contributed by atoms with Gasteiger partial charge in [0.05, 0.1) is 15.9 Å². The summed E-state index contributed by atoms with van der Waals surface area (Å²) in [7, 11) is 0. The topological polar surface area (TPSA) is 121 Å². The van der Waals surface area contributed by atoms with E-state index in [1.54, 1.807) is 36.7 Å². The van der Waals surface area contributed by atoms with Crippen LogP contribution < -0.4 is 0 Å². The maximum Gasteiger partial charge on any atom is 0.326 e. The van der Waals surface area contributed by atoms with Crippen LogP contribution in [0.5, 0.6) is 0 Å². The van der Waals surface area contributed by atoms with Crippen LogP contribution in [0, 0.1) is 0 Å². The largest absolute Gasteiger partial charge is 0.481 e. The molecule has 2 aromatic rings. The summed E-state index contributed by atoms with van der Waals surface area (Å²) in [6.07, 6.45) is 4.14. The number of nitrogens with zero attached hydrogens (tertiary/aromatic N) is 3. The van der Waals surface area contributed by atoms with E-state index in [2.05, 4.69) is 9.97 Å². The predicted octanol–water partition coefficient (Wildman–Crippen LogP) is 2.15. The number of carbonyl (C=O) groups excluding carboxylic acids is 1. The molecule has 1 aliphatic heterocycles. The van der Waals surface area contributed by atoms with Crippen molar-refractivity contribution in [3.63, 3.8) is 0 Å². The number of aliphatic carboxylic acids is 2. The van der Waals surface area contributed by atoms with Crippen LogP contribution in [0.3, 0.4) is 0 Å². The minimum Gasteiger partial charge on any atom is -0.481 e. The number of carboxylic acid groups (broad SMARTS) is 2. The summed E-state index contributed by atoms with van der Waals surface area (Å²) in [5.41, 5.74) is 2.06. The maximum absolute atomic E-state index is 12.7. The molecule has 8 nitrogen and oxygen atoms in total. The van der Waals surface area contributed by atoms with E-state index in [4.69, 9.17) is 17.3 Å². The molecule has 0 bridgehead atoms. The number of hydrogen-bond acceptors (Lipinski definition) is 7. The van der Waals surface area contributed by atoms with Crippen molar-refractivity contribution in [2.45, 2.75) is 18.9 Å². The maximum atomic E-state index is 12.7. The molecule has 10 heteroatoms. The summed E-state index contributed by atoms with van der Waals surface area (Å²) in [4.78, 5) is 44.6. The zero-order chi connectivity index (χ0) is 19.6. The van der Waals surface area contributed by atoms with Crippen molar-refractivity contribution in [1.29, 1.82) is 0 Å². The van der Waals surface area contributed by atoms with Gasteiger partial charge in [0.1, 0.15) is 10.4 Å². The van der Waals surface area contributed by atoms with E-state index in [1.807, 2.05) is 0 Å². The molecule has 1 aromatic carbocycles. The molecule has 3 rings (SSSR count). The predicted molar refractivity (Wildman–Crippen MR) is 103 cm³/mol. The Balaban J connectivity index is 1.88. The molecule has 1 amide bonds. The van der Waals surface area contributed by atoms with Gasteiger partial charge in [-0.15, -0.1) is 0 Å².